The fraction of sp³-hybridized carbons (Fsp3) is 0.312. The molecule has 0 atom stereocenters. The molecule has 2 aromatic rings. The van der Waals surface area contributed by atoms with Crippen LogP contribution in [0.1, 0.15) is 36.2 Å². The number of rotatable bonds is 2. The molecule has 2 aliphatic rings. The summed E-state index contributed by atoms with van der Waals surface area (Å²) in [5.41, 5.74) is 1.23. The Morgan fingerprint density at radius 1 is 1.14 bits per heavy atom. The van der Waals surface area contributed by atoms with Crippen molar-refractivity contribution in [3.8, 4) is 11.5 Å². The zero-order valence-electron chi connectivity index (χ0n) is 11.5. The van der Waals surface area contributed by atoms with Crippen LogP contribution in [0.15, 0.2) is 36.5 Å². The minimum atomic E-state index is -0.468. The van der Waals surface area contributed by atoms with E-state index in [1.165, 1.54) is 0 Å². The number of hydrogen-bond donors (Lipinski definition) is 2. The predicted octanol–water partition coefficient (Wildman–Crippen LogP) is 3.31. The molecule has 1 aromatic heterocycles. The monoisotopic (exact) mass is 284 g/mol. The summed E-state index contributed by atoms with van der Waals surface area (Å²) in [6.45, 7) is 0. The van der Waals surface area contributed by atoms with E-state index in [1.54, 1.807) is 18.3 Å². The van der Waals surface area contributed by atoms with Gasteiger partial charge in [-0.15, -0.1) is 0 Å². The molecule has 4 rings (SSSR count). The maximum absolute atomic E-state index is 12.0. The average Bonchev–Trinajstić information content (AvgIpc) is 3.19. The van der Waals surface area contributed by atoms with Crippen LogP contribution in [0.2, 0.25) is 0 Å². The Morgan fingerprint density at radius 3 is 2.71 bits per heavy atom. The van der Waals surface area contributed by atoms with Crippen molar-refractivity contribution in [1.82, 2.24) is 4.98 Å². The van der Waals surface area contributed by atoms with E-state index in [9.17, 15) is 4.79 Å². The van der Waals surface area contributed by atoms with E-state index in [0.29, 0.717) is 17.1 Å². The Labute approximate surface area is 122 Å². The lowest BCUT2D eigenvalue weighted by Gasteiger charge is -2.21. The molecule has 108 valence electrons. The molecule has 0 bridgehead atoms. The topological polar surface area (TPSA) is 63.4 Å². The minimum Gasteiger partial charge on any atom is -0.448 e. The quantitative estimate of drug-likeness (QED) is 0.889. The molecule has 2 heterocycles. The van der Waals surface area contributed by atoms with Gasteiger partial charge in [0.05, 0.1) is 0 Å². The molecular formula is C16H16N2O3. The van der Waals surface area contributed by atoms with Crippen LogP contribution in [-0.2, 0) is 0 Å². The van der Waals surface area contributed by atoms with Crippen LogP contribution >= 0.6 is 0 Å². The van der Waals surface area contributed by atoms with Gasteiger partial charge in [-0.2, -0.15) is 0 Å². The summed E-state index contributed by atoms with van der Waals surface area (Å²) < 4.78 is 11.9. The number of hydrogen-bond acceptors (Lipinski definition) is 3. The van der Waals surface area contributed by atoms with Crippen LogP contribution < -0.4 is 14.8 Å². The molecule has 5 heteroatoms. The molecule has 1 aliphatic heterocycles. The smallest absolute Gasteiger partial charge is 0.272 e. The molecule has 5 nitrogen and oxygen atoms in total. The molecule has 1 spiro atoms. The summed E-state index contributed by atoms with van der Waals surface area (Å²) in [5.74, 6) is 0.829. The second-order valence-corrected chi connectivity index (χ2v) is 5.52. The first kappa shape index (κ1) is 12.3. The van der Waals surface area contributed by atoms with E-state index in [2.05, 4.69) is 10.3 Å². The third-order valence-electron chi connectivity index (χ3n) is 4.00. The molecule has 21 heavy (non-hydrogen) atoms. The first-order valence-corrected chi connectivity index (χ1v) is 7.21. The van der Waals surface area contributed by atoms with Crippen LogP contribution in [0.3, 0.4) is 0 Å². The second-order valence-electron chi connectivity index (χ2n) is 5.52. The normalized spacial score (nSPS) is 18.1. The lowest BCUT2D eigenvalue weighted by molar-refractivity contribution is -0.0716. The number of amides is 1. The molecule has 2 N–H and O–H groups in total. The van der Waals surface area contributed by atoms with E-state index in [1.807, 2.05) is 18.2 Å². The number of aromatic nitrogens is 1. The number of aromatic amines is 1. The van der Waals surface area contributed by atoms with Crippen molar-refractivity contribution in [2.45, 2.75) is 31.5 Å². The van der Waals surface area contributed by atoms with E-state index < -0.39 is 5.79 Å². The van der Waals surface area contributed by atoms with Gasteiger partial charge in [0.15, 0.2) is 11.5 Å². The van der Waals surface area contributed by atoms with Gasteiger partial charge in [0.25, 0.3) is 11.7 Å². The number of benzene rings is 1. The van der Waals surface area contributed by atoms with Gasteiger partial charge in [0, 0.05) is 30.8 Å². The number of ether oxygens (including phenoxy) is 2. The highest BCUT2D eigenvalue weighted by Gasteiger charge is 2.44. The Morgan fingerprint density at radius 2 is 1.95 bits per heavy atom. The molecule has 1 aliphatic carbocycles. The maximum Gasteiger partial charge on any atom is 0.272 e. The fourth-order valence-electron chi connectivity index (χ4n) is 2.96. The van der Waals surface area contributed by atoms with Crippen LogP contribution in [0, 0.1) is 0 Å². The van der Waals surface area contributed by atoms with Crippen LogP contribution in [0.5, 0.6) is 11.5 Å². The summed E-state index contributed by atoms with van der Waals surface area (Å²) in [7, 11) is 0. The molecular weight excluding hydrogens is 268 g/mol. The minimum absolute atomic E-state index is 0.172. The van der Waals surface area contributed by atoms with E-state index >= 15 is 0 Å². The lowest BCUT2D eigenvalue weighted by atomic mass is 10.2. The van der Waals surface area contributed by atoms with Crippen molar-refractivity contribution in [2.24, 2.45) is 0 Å². The van der Waals surface area contributed by atoms with Gasteiger partial charge in [-0.1, -0.05) is 0 Å². The highest BCUT2D eigenvalue weighted by Crippen LogP contribution is 2.47. The zero-order valence-corrected chi connectivity index (χ0v) is 11.5. The maximum atomic E-state index is 12.0. The summed E-state index contributed by atoms with van der Waals surface area (Å²) >= 11 is 0. The third kappa shape index (κ3) is 2.14. The number of carbonyl (C=O) groups excluding carboxylic acids is 1. The molecule has 0 radical (unpaired) electrons. The highest BCUT2D eigenvalue weighted by atomic mass is 16.7. The first-order chi connectivity index (χ1) is 10.2. The van der Waals surface area contributed by atoms with Gasteiger partial charge in [0.2, 0.25) is 0 Å². The molecule has 1 amide bonds. The van der Waals surface area contributed by atoms with Crippen molar-refractivity contribution >= 4 is 11.6 Å². The molecule has 0 unspecified atom stereocenters. The molecule has 1 aromatic carbocycles. The average molecular weight is 284 g/mol. The highest BCUT2D eigenvalue weighted by molar-refractivity contribution is 6.03. The summed E-state index contributed by atoms with van der Waals surface area (Å²) in [6.07, 6.45) is 5.82. The summed E-state index contributed by atoms with van der Waals surface area (Å²) in [6, 6.07) is 9.03. The van der Waals surface area contributed by atoms with Gasteiger partial charge in [-0.3, -0.25) is 4.79 Å². The number of anilines is 1. The van der Waals surface area contributed by atoms with Crippen molar-refractivity contribution in [3.63, 3.8) is 0 Å². The van der Waals surface area contributed by atoms with Gasteiger partial charge in [-0.05, 0) is 37.1 Å². The summed E-state index contributed by atoms with van der Waals surface area (Å²) in [5, 5.41) is 2.85. The van der Waals surface area contributed by atoms with E-state index in [-0.39, 0.29) is 5.91 Å². The van der Waals surface area contributed by atoms with E-state index in [0.717, 1.165) is 31.4 Å². The standard InChI is InChI=1S/C16H16N2O3/c19-15(12-4-3-9-17-12)18-11-5-6-13-14(10-11)21-16(20-13)7-1-2-8-16/h3-6,9-10,17H,1-2,7-8H2,(H,18,19). The Bertz CT molecular complexity index is 673. The number of fused-ring (bicyclic) bond motifs is 1. The van der Waals surface area contributed by atoms with Crippen LogP contribution in [-0.4, -0.2) is 16.7 Å². The Hall–Kier alpha value is -2.43. The SMILES string of the molecule is O=C(Nc1ccc2c(c1)OC1(CCCC1)O2)c1ccc[nH]1. The van der Waals surface area contributed by atoms with Gasteiger partial charge >= 0.3 is 0 Å². The summed E-state index contributed by atoms with van der Waals surface area (Å²) in [4.78, 5) is 14.9. The van der Waals surface area contributed by atoms with Gasteiger partial charge < -0.3 is 19.8 Å². The fourth-order valence-corrected chi connectivity index (χ4v) is 2.96. The molecule has 1 fully saturated rings. The lowest BCUT2D eigenvalue weighted by Crippen LogP contribution is -2.34. The largest absolute Gasteiger partial charge is 0.448 e. The molecule has 1 saturated carbocycles. The van der Waals surface area contributed by atoms with Gasteiger partial charge in [0.1, 0.15) is 5.69 Å². The van der Waals surface area contributed by atoms with Crippen molar-refractivity contribution in [3.05, 3.63) is 42.2 Å². The predicted molar refractivity (Wildman–Crippen MR) is 77.6 cm³/mol. The van der Waals surface area contributed by atoms with Crippen molar-refractivity contribution < 1.29 is 14.3 Å². The van der Waals surface area contributed by atoms with E-state index in [4.69, 9.17) is 9.47 Å². The van der Waals surface area contributed by atoms with Crippen molar-refractivity contribution in [1.29, 1.82) is 0 Å². The van der Waals surface area contributed by atoms with Crippen LogP contribution in [0.25, 0.3) is 0 Å². The zero-order chi connectivity index (χ0) is 14.3. The second kappa shape index (κ2) is 4.55. The van der Waals surface area contributed by atoms with Gasteiger partial charge in [-0.25, -0.2) is 0 Å². The number of H-pyrrole nitrogens is 1. The number of nitrogens with one attached hydrogen (secondary N) is 2. The Balaban J connectivity index is 1.53. The Kier molecular flexibility index (Phi) is 2.67. The molecule has 0 saturated heterocycles. The third-order valence-corrected chi connectivity index (χ3v) is 4.00. The van der Waals surface area contributed by atoms with Crippen LogP contribution in [0.4, 0.5) is 5.69 Å². The van der Waals surface area contributed by atoms with Crippen molar-refractivity contribution in [2.75, 3.05) is 5.32 Å². The number of carbonyl (C=O) groups is 1. The first-order valence-electron chi connectivity index (χ1n) is 7.21.